The predicted molar refractivity (Wildman–Crippen MR) is 107 cm³/mol. The van der Waals surface area contributed by atoms with Crippen LogP contribution in [-0.2, 0) is 19.1 Å². The van der Waals surface area contributed by atoms with Crippen molar-refractivity contribution in [1.29, 1.82) is 5.41 Å². The number of piperidine rings is 1. The van der Waals surface area contributed by atoms with Gasteiger partial charge in [-0.2, -0.15) is 0 Å². The summed E-state index contributed by atoms with van der Waals surface area (Å²) in [7, 11) is 0. The van der Waals surface area contributed by atoms with E-state index in [1.165, 1.54) is 11.0 Å². The highest BCUT2D eigenvalue weighted by atomic mass is 19.1. The zero-order valence-corrected chi connectivity index (χ0v) is 16.7. The molecule has 158 valence electrons. The topological polar surface area (TPSA) is 90.8 Å². The molecular formula is C21H28FN3O4. The van der Waals surface area contributed by atoms with Crippen LogP contribution in [0.1, 0.15) is 26.2 Å². The van der Waals surface area contributed by atoms with E-state index in [-0.39, 0.29) is 18.7 Å². The minimum atomic E-state index is -0.933. The number of allylic oxidation sites excluding steroid dienone is 3. The highest BCUT2D eigenvalue weighted by Gasteiger charge is 2.45. The minimum absolute atomic E-state index is 0.187. The van der Waals surface area contributed by atoms with Gasteiger partial charge in [0.05, 0.1) is 24.4 Å². The smallest absolute Gasteiger partial charge is 0.251 e. The zero-order valence-electron chi connectivity index (χ0n) is 16.7. The Hall–Kier alpha value is -2.45. The summed E-state index contributed by atoms with van der Waals surface area (Å²) in [6, 6.07) is 0. The van der Waals surface area contributed by atoms with Crippen LogP contribution < -0.4 is 0 Å². The molecular weight excluding hydrogens is 377 g/mol. The van der Waals surface area contributed by atoms with Crippen molar-refractivity contribution >= 4 is 24.2 Å². The molecule has 2 aliphatic heterocycles. The number of rotatable bonds is 9. The van der Waals surface area contributed by atoms with Crippen molar-refractivity contribution in [2.24, 2.45) is 0 Å². The monoisotopic (exact) mass is 405 g/mol. The molecule has 8 heteroatoms. The number of nitrogens with one attached hydrogen (secondary N) is 1. The van der Waals surface area contributed by atoms with Crippen molar-refractivity contribution in [3.05, 3.63) is 36.2 Å². The molecule has 2 rings (SSSR count). The van der Waals surface area contributed by atoms with Crippen LogP contribution in [0, 0.1) is 5.41 Å². The Morgan fingerprint density at radius 2 is 1.97 bits per heavy atom. The Bertz CT molecular complexity index is 723. The number of morpholine rings is 1. The summed E-state index contributed by atoms with van der Waals surface area (Å²) in [5.74, 6) is -1.21. The average molecular weight is 405 g/mol. The summed E-state index contributed by atoms with van der Waals surface area (Å²) < 4.78 is 19.7. The lowest BCUT2D eigenvalue weighted by Gasteiger charge is -2.49. The molecule has 2 aliphatic rings. The molecule has 0 saturated carbocycles. The number of ether oxygens (including phenoxy) is 1. The molecule has 0 radical (unpaired) electrons. The summed E-state index contributed by atoms with van der Waals surface area (Å²) in [5, 5.41) is 7.79. The number of amides is 1. The second-order valence-electron chi connectivity index (χ2n) is 7.44. The Labute approximate surface area is 170 Å². The first-order valence-electron chi connectivity index (χ1n) is 9.68. The van der Waals surface area contributed by atoms with Gasteiger partial charge in [0.2, 0.25) is 0 Å². The summed E-state index contributed by atoms with van der Waals surface area (Å²) in [6.45, 7) is 7.84. The predicted octanol–water partition coefficient (Wildman–Crippen LogP) is 1.84. The number of likely N-dealkylation sites (tertiary alicyclic amines) is 1. The molecule has 1 spiro atoms. The molecule has 2 fully saturated rings. The van der Waals surface area contributed by atoms with Crippen molar-refractivity contribution in [3.63, 3.8) is 0 Å². The van der Waals surface area contributed by atoms with E-state index in [1.807, 2.05) is 0 Å². The standard InChI is InChI=1S/C21H28FN3O4/c1-3-17(5-12-26)4-9-24-10-7-21(8-11-24)15-25(20(28)16(2)29-21)14-19(23)18(22)6-13-27/h3,5-6,12-13,16,23H,1,4,7-11,14-15H2,2H3/b17-5+,18-6+,23-19?. The van der Waals surface area contributed by atoms with Crippen LogP contribution in [0.25, 0.3) is 0 Å². The third kappa shape index (κ3) is 6.01. The lowest BCUT2D eigenvalue weighted by molar-refractivity contribution is -0.188. The van der Waals surface area contributed by atoms with Gasteiger partial charge in [0.15, 0.2) is 0 Å². The molecule has 0 aromatic carbocycles. The van der Waals surface area contributed by atoms with Gasteiger partial charge < -0.3 is 19.9 Å². The quantitative estimate of drug-likeness (QED) is 0.274. The first-order chi connectivity index (χ1) is 13.8. The summed E-state index contributed by atoms with van der Waals surface area (Å²) in [5.41, 5.74) is -0.0240. The van der Waals surface area contributed by atoms with Gasteiger partial charge in [-0.1, -0.05) is 12.7 Å². The van der Waals surface area contributed by atoms with E-state index in [4.69, 9.17) is 10.1 Å². The fourth-order valence-electron chi connectivity index (χ4n) is 3.79. The first kappa shape index (κ1) is 22.8. The van der Waals surface area contributed by atoms with Gasteiger partial charge in [-0.25, -0.2) is 4.39 Å². The van der Waals surface area contributed by atoms with Gasteiger partial charge in [0, 0.05) is 25.7 Å². The van der Waals surface area contributed by atoms with Crippen molar-refractivity contribution in [3.8, 4) is 0 Å². The van der Waals surface area contributed by atoms with Crippen molar-refractivity contribution in [2.75, 3.05) is 32.7 Å². The van der Waals surface area contributed by atoms with E-state index < -0.39 is 23.2 Å². The zero-order chi connectivity index (χ0) is 21.4. The third-order valence-electron chi connectivity index (χ3n) is 5.45. The number of nitrogens with zero attached hydrogens (tertiary/aromatic N) is 2. The van der Waals surface area contributed by atoms with Crippen LogP contribution >= 0.6 is 0 Å². The first-order valence-corrected chi connectivity index (χ1v) is 9.68. The fourth-order valence-corrected chi connectivity index (χ4v) is 3.79. The molecule has 2 saturated heterocycles. The Balaban J connectivity index is 1.97. The maximum Gasteiger partial charge on any atom is 0.251 e. The summed E-state index contributed by atoms with van der Waals surface area (Å²) in [6.07, 6.45) is 6.41. The Kier molecular flexibility index (Phi) is 8.16. The highest BCUT2D eigenvalue weighted by Crippen LogP contribution is 2.33. The summed E-state index contributed by atoms with van der Waals surface area (Å²) in [4.78, 5) is 37.2. The van der Waals surface area contributed by atoms with Crippen LogP contribution in [0.3, 0.4) is 0 Å². The number of carbonyl (C=O) groups excluding carboxylic acids is 3. The number of aldehydes is 2. The van der Waals surface area contributed by atoms with Gasteiger partial charge in [0.25, 0.3) is 5.91 Å². The second kappa shape index (κ2) is 10.4. The van der Waals surface area contributed by atoms with Gasteiger partial charge in [0.1, 0.15) is 24.5 Å². The molecule has 7 nitrogen and oxygen atoms in total. The van der Waals surface area contributed by atoms with E-state index in [1.54, 1.807) is 13.0 Å². The van der Waals surface area contributed by atoms with Gasteiger partial charge >= 0.3 is 0 Å². The number of halogens is 1. The van der Waals surface area contributed by atoms with E-state index in [0.29, 0.717) is 25.5 Å². The number of hydrogen-bond acceptors (Lipinski definition) is 6. The van der Waals surface area contributed by atoms with Crippen molar-refractivity contribution in [2.45, 2.75) is 37.9 Å². The maximum absolute atomic E-state index is 13.7. The largest absolute Gasteiger partial charge is 0.360 e. The normalized spacial score (nSPS) is 23.2. The third-order valence-corrected chi connectivity index (χ3v) is 5.45. The molecule has 0 aromatic rings. The molecule has 1 amide bonds. The number of hydrogen-bond donors (Lipinski definition) is 1. The summed E-state index contributed by atoms with van der Waals surface area (Å²) >= 11 is 0. The molecule has 0 bridgehead atoms. The van der Waals surface area contributed by atoms with Gasteiger partial charge in [-0.15, -0.1) is 0 Å². The molecule has 1 unspecified atom stereocenters. The van der Waals surface area contributed by atoms with Crippen LogP contribution in [0.2, 0.25) is 0 Å². The molecule has 2 heterocycles. The fraction of sp³-hybridized carbons (Fsp3) is 0.524. The van der Waals surface area contributed by atoms with Crippen LogP contribution in [0.15, 0.2) is 36.2 Å². The number of carbonyl (C=O) groups is 3. The van der Waals surface area contributed by atoms with E-state index in [0.717, 1.165) is 37.9 Å². The Morgan fingerprint density at radius 1 is 1.31 bits per heavy atom. The average Bonchev–Trinajstić information content (AvgIpc) is 2.70. The van der Waals surface area contributed by atoms with Crippen molar-refractivity contribution < 1.29 is 23.5 Å². The van der Waals surface area contributed by atoms with Gasteiger partial charge in [-0.05, 0) is 37.8 Å². The van der Waals surface area contributed by atoms with Gasteiger partial charge in [-0.3, -0.25) is 14.4 Å². The molecule has 0 aromatic heterocycles. The van der Waals surface area contributed by atoms with Crippen LogP contribution in [-0.4, -0.2) is 78.4 Å². The van der Waals surface area contributed by atoms with Crippen molar-refractivity contribution in [1.82, 2.24) is 9.80 Å². The van der Waals surface area contributed by atoms with E-state index in [2.05, 4.69) is 11.5 Å². The second-order valence-corrected chi connectivity index (χ2v) is 7.44. The Morgan fingerprint density at radius 3 is 2.55 bits per heavy atom. The molecule has 1 atom stereocenters. The molecule has 29 heavy (non-hydrogen) atoms. The van der Waals surface area contributed by atoms with Crippen LogP contribution in [0.4, 0.5) is 4.39 Å². The highest BCUT2D eigenvalue weighted by molar-refractivity contribution is 6.01. The lowest BCUT2D eigenvalue weighted by atomic mass is 9.88. The van der Waals surface area contributed by atoms with Crippen LogP contribution in [0.5, 0.6) is 0 Å². The maximum atomic E-state index is 13.7. The van der Waals surface area contributed by atoms with E-state index >= 15 is 0 Å². The molecule has 1 N–H and O–H groups in total. The van der Waals surface area contributed by atoms with E-state index in [9.17, 15) is 18.8 Å². The minimum Gasteiger partial charge on any atom is -0.360 e. The lowest BCUT2D eigenvalue weighted by Crippen LogP contribution is -2.62. The molecule has 0 aliphatic carbocycles. The SMILES string of the molecule is C=C/C(=C\C=O)CCN1CCC2(CC1)CN(CC(=N)/C(F)=C\C=O)C(=O)C(C)O2.